The fourth-order valence-corrected chi connectivity index (χ4v) is 2.50. The normalized spacial score (nSPS) is 14.0. The third kappa shape index (κ3) is 8.15. The Morgan fingerprint density at radius 2 is 1.77 bits per heavy atom. The van der Waals surface area contributed by atoms with Crippen molar-refractivity contribution in [1.29, 1.82) is 0 Å². The number of aliphatic hydroxyl groups excluding tert-OH is 1. The minimum atomic E-state index is -4.23. The van der Waals surface area contributed by atoms with Crippen LogP contribution in [-0.4, -0.2) is 59.3 Å². The van der Waals surface area contributed by atoms with Gasteiger partial charge in [-0.15, -0.1) is 11.6 Å². The monoisotopic (exact) mass is 360 g/mol. The molecule has 2 unspecified atom stereocenters. The zero-order valence-electron chi connectivity index (χ0n) is 11.9. The molecule has 5 nitrogen and oxygen atoms in total. The van der Waals surface area contributed by atoms with E-state index in [4.69, 9.17) is 20.9 Å². The number of benzene rings is 1. The van der Waals surface area contributed by atoms with E-state index >= 15 is 0 Å². The molecule has 0 heterocycles. The van der Waals surface area contributed by atoms with Gasteiger partial charge in [0, 0.05) is 0 Å². The summed E-state index contributed by atoms with van der Waals surface area (Å²) in [6.07, 6.45) is 3.74. The van der Waals surface area contributed by atoms with Crippen molar-refractivity contribution >= 4 is 51.3 Å². The second-order valence-corrected chi connectivity index (χ2v) is 6.80. The average molecular weight is 361 g/mol. The zero-order valence-corrected chi connectivity index (χ0v) is 13.5. The average Bonchev–Trinajstić information content (AvgIpc) is 2.43. The van der Waals surface area contributed by atoms with Gasteiger partial charge in [0.15, 0.2) is 0 Å². The van der Waals surface area contributed by atoms with E-state index in [2.05, 4.69) is 6.92 Å². The van der Waals surface area contributed by atoms with Crippen LogP contribution in [0.15, 0.2) is 29.2 Å². The Hall–Kier alpha value is 0.180. The van der Waals surface area contributed by atoms with Crippen molar-refractivity contribution < 1.29 is 22.8 Å². The van der Waals surface area contributed by atoms with Gasteiger partial charge in [0.1, 0.15) is 5.75 Å². The number of aliphatic hydroxyl groups is 1. The first kappa shape index (κ1) is 22.2. The van der Waals surface area contributed by atoms with Crippen molar-refractivity contribution in [2.45, 2.75) is 55.6 Å². The molecule has 2 atom stereocenters. The van der Waals surface area contributed by atoms with Crippen LogP contribution in [0.5, 0.6) is 5.75 Å². The summed E-state index contributed by atoms with van der Waals surface area (Å²) in [5, 5.41) is 9.31. The van der Waals surface area contributed by atoms with E-state index < -0.39 is 21.8 Å². The number of alkyl halides is 1. The number of unbranched alkanes of at least 4 members (excludes halogenated alkanes) is 3. The molecule has 1 rings (SSSR count). The summed E-state index contributed by atoms with van der Waals surface area (Å²) >= 11 is 6.05. The van der Waals surface area contributed by atoms with Crippen LogP contribution < -0.4 is 4.74 Å². The summed E-state index contributed by atoms with van der Waals surface area (Å²) in [5.41, 5.74) is 0. The Labute approximate surface area is 159 Å². The first-order valence-corrected chi connectivity index (χ1v) is 8.78. The third-order valence-corrected chi connectivity index (χ3v) is 4.32. The molecule has 0 saturated heterocycles. The molecule has 0 saturated carbocycles. The molecule has 0 fully saturated rings. The number of ether oxygens (including phenoxy) is 1. The molecule has 0 aliphatic rings. The maximum absolute atomic E-state index is 10.9. The molecule has 1 aromatic rings. The summed E-state index contributed by atoms with van der Waals surface area (Å²) < 4.78 is 35.9. The van der Waals surface area contributed by atoms with Gasteiger partial charge >= 0.3 is 29.6 Å². The molecular formula is C14H22ClNaO5S. The van der Waals surface area contributed by atoms with Crippen molar-refractivity contribution in [3.05, 3.63) is 24.3 Å². The minimum absolute atomic E-state index is 0. The van der Waals surface area contributed by atoms with E-state index in [1.54, 1.807) is 0 Å². The number of hydrogen-bond acceptors (Lipinski definition) is 4. The number of rotatable bonds is 9. The van der Waals surface area contributed by atoms with Crippen molar-refractivity contribution in [2.75, 3.05) is 0 Å². The molecule has 0 aromatic heterocycles. The van der Waals surface area contributed by atoms with Crippen LogP contribution in [0.3, 0.4) is 0 Å². The topological polar surface area (TPSA) is 83.8 Å². The fourth-order valence-electron chi connectivity index (χ4n) is 1.81. The van der Waals surface area contributed by atoms with Crippen LogP contribution in [0, 0.1) is 0 Å². The molecule has 122 valence electrons. The molecule has 0 radical (unpaired) electrons. The van der Waals surface area contributed by atoms with E-state index in [9.17, 15) is 13.5 Å². The van der Waals surface area contributed by atoms with Crippen molar-refractivity contribution in [3.8, 4) is 5.75 Å². The number of hydrogen-bond donors (Lipinski definition) is 2. The second-order valence-electron chi connectivity index (χ2n) is 4.82. The van der Waals surface area contributed by atoms with E-state index in [1.165, 1.54) is 24.3 Å². The van der Waals surface area contributed by atoms with Crippen molar-refractivity contribution in [1.82, 2.24) is 0 Å². The van der Waals surface area contributed by atoms with Crippen LogP contribution in [-0.2, 0) is 10.1 Å². The quantitative estimate of drug-likeness (QED) is 0.232. The van der Waals surface area contributed by atoms with Crippen LogP contribution in [0.25, 0.3) is 0 Å². The summed E-state index contributed by atoms with van der Waals surface area (Å²) in [5.74, 6) is 0.286. The molecular weight excluding hydrogens is 339 g/mol. The molecule has 0 amide bonds. The van der Waals surface area contributed by atoms with Gasteiger partial charge in [-0.1, -0.05) is 32.6 Å². The van der Waals surface area contributed by atoms with Gasteiger partial charge in [-0.3, -0.25) is 4.55 Å². The Morgan fingerprint density at radius 1 is 1.18 bits per heavy atom. The summed E-state index contributed by atoms with van der Waals surface area (Å²) in [6, 6.07) is 5.10. The molecule has 8 heteroatoms. The van der Waals surface area contributed by atoms with Crippen LogP contribution in [0.1, 0.15) is 39.0 Å². The molecule has 0 aliphatic heterocycles. The van der Waals surface area contributed by atoms with E-state index in [0.717, 1.165) is 25.7 Å². The van der Waals surface area contributed by atoms with Gasteiger partial charge in [-0.05, 0) is 30.7 Å². The van der Waals surface area contributed by atoms with E-state index in [1.807, 2.05) is 0 Å². The molecule has 1 aromatic carbocycles. The Bertz CT molecular complexity index is 521. The first-order valence-electron chi connectivity index (χ1n) is 6.91. The number of halogens is 1. The second kappa shape index (κ2) is 10.9. The van der Waals surface area contributed by atoms with Gasteiger partial charge in [0.05, 0.1) is 10.3 Å². The standard InChI is InChI=1S/C14H21ClO5S.Na.H/c1-2-3-4-5-6-13(15)14(16)20-11-7-9-12(10-8-11)21(17,18)19;;/h7-10,13-14,16H,2-6H2,1H3,(H,17,18,19);;. The van der Waals surface area contributed by atoms with Crippen LogP contribution in [0.4, 0.5) is 0 Å². The van der Waals surface area contributed by atoms with Crippen molar-refractivity contribution in [3.63, 3.8) is 0 Å². The van der Waals surface area contributed by atoms with Gasteiger partial charge in [0.2, 0.25) is 6.29 Å². The van der Waals surface area contributed by atoms with Gasteiger partial charge in [-0.25, -0.2) is 0 Å². The van der Waals surface area contributed by atoms with Gasteiger partial charge in [0.25, 0.3) is 10.1 Å². The predicted octanol–water partition coefficient (Wildman–Crippen LogP) is 2.56. The van der Waals surface area contributed by atoms with Crippen molar-refractivity contribution in [2.24, 2.45) is 0 Å². The predicted molar refractivity (Wildman–Crippen MR) is 88.4 cm³/mol. The Kier molecular flexibility index (Phi) is 11.0. The summed E-state index contributed by atoms with van der Waals surface area (Å²) in [7, 11) is -4.23. The first-order chi connectivity index (χ1) is 9.84. The molecule has 0 spiro atoms. The molecule has 22 heavy (non-hydrogen) atoms. The van der Waals surface area contributed by atoms with Gasteiger partial charge in [-0.2, -0.15) is 8.42 Å². The van der Waals surface area contributed by atoms with Crippen LogP contribution in [0.2, 0.25) is 0 Å². The van der Waals surface area contributed by atoms with Crippen LogP contribution >= 0.6 is 11.6 Å². The van der Waals surface area contributed by atoms with Gasteiger partial charge < -0.3 is 9.84 Å². The zero-order chi connectivity index (χ0) is 15.9. The summed E-state index contributed by atoms with van der Waals surface area (Å²) in [6.45, 7) is 2.12. The SMILES string of the molecule is CCCCCCC(Cl)C(O)Oc1ccc(S(=O)(=O)O)cc1.[NaH]. The van der Waals surface area contributed by atoms with E-state index in [0.29, 0.717) is 6.42 Å². The Balaban J connectivity index is 0.00000441. The molecule has 0 bridgehead atoms. The third-order valence-electron chi connectivity index (χ3n) is 3.02. The fraction of sp³-hybridized carbons (Fsp3) is 0.571. The molecule has 2 N–H and O–H groups in total. The molecule has 0 aliphatic carbocycles. The Morgan fingerprint density at radius 3 is 2.27 bits per heavy atom. The summed E-state index contributed by atoms with van der Waals surface area (Å²) in [4.78, 5) is -0.230. The maximum atomic E-state index is 10.9. The van der Waals surface area contributed by atoms with E-state index in [-0.39, 0.29) is 40.2 Å².